The maximum atomic E-state index is 13.0. The van der Waals surface area contributed by atoms with Gasteiger partial charge in [0, 0.05) is 5.66 Å². The predicted molar refractivity (Wildman–Crippen MR) is 122 cm³/mol. The van der Waals surface area contributed by atoms with Crippen LogP contribution in [0.4, 0.5) is 13.2 Å². The standard InChI is InChI=1S/C24H31F3P2/c25-24(26,27)18-13-11-17(12-14-18)23-21(28)15-16-22(23)29(19-7-3-1-4-8-19)20-9-5-2-6-10-20/h11-16,19-21H,1-10,28H2. The number of halogens is 3. The largest absolute Gasteiger partial charge is 0.416 e. The molecule has 0 heterocycles. The van der Waals surface area contributed by atoms with Gasteiger partial charge in [0.25, 0.3) is 0 Å². The molecule has 5 heteroatoms. The van der Waals surface area contributed by atoms with Crippen molar-refractivity contribution < 1.29 is 13.2 Å². The number of alkyl halides is 3. The number of benzene rings is 1. The molecule has 0 aliphatic heterocycles. The van der Waals surface area contributed by atoms with Gasteiger partial charge in [-0.15, -0.1) is 9.24 Å². The van der Waals surface area contributed by atoms with Gasteiger partial charge in [0.1, 0.15) is 0 Å². The molecule has 0 spiro atoms. The van der Waals surface area contributed by atoms with E-state index in [0.29, 0.717) is 0 Å². The number of rotatable bonds is 4. The topological polar surface area (TPSA) is 0 Å². The summed E-state index contributed by atoms with van der Waals surface area (Å²) >= 11 is 0. The van der Waals surface area contributed by atoms with Crippen LogP contribution in [-0.2, 0) is 6.18 Å². The summed E-state index contributed by atoms with van der Waals surface area (Å²) in [7, 11) is 2.65. The highest BCUT2D eigenvalue weighted by Crippen LogP contribution is 2.64. The zero-order chi connectivity index (χ0) is 20.4. The van der Waals surface area contributed by atoms with Crippen LogP contribution in [0.25, 0.3) is 5.57 Å². The van der Waals surface area contributed by atoms with Gasteiger partial charge in [-0.25, -0.2) is 0 Å². The van der Waals surface area contributed by atoms with Gasteiger partial charge >= 0.3 is 6.18 Å². The molecule has 29 heavy (non-hydrogen) atoms. The Morgan fingerprint density at radius 2 is 1.31 bits per heavy atom. The fourth-order valence-electron chi connectivity index (χ4n) is 5.37. The van der Waals surface area contributed by atoms with Crippen LogP contribution in [0, 0.1) is 0 Å². The van der Waals surface area contributed by atoms with Gasteiger partial charge in [0.15, 0.2) is 0 Å². The second-order valence-corrected chi connectivity index (χ2v) is 12.2. The zero-order valence-electron chi connectivity index (χ0n) is 16.9. The third-order valence-electron chi connectivity index (χ3n) is 6.81. The molecule has 0 aromatic heterocycles. The van der Waals surface area contributed by atoms with Crippen LogP contribution in [0.2, 0.25) is 0 Å². The van der Waals surface area contributed by atoms with E-state index in [1.807, 2.05) is 0 Å². The van der Waals surface area contributed by atoms with E-state index in [0.717, 1.165) is 16.9 Å². The van der Waals surface area contributed by atoms with Gasteiger partial charge in [-0.05, 0) is 65.6 Å². The molecule has 0 N–H and O–H groups in total. The monoisotopic (exact) mass is 438 g/mol. The van der Waals surface area contributed by atoms with Crippen molar-refractivity contribution in [2.75, 3.05) is 0 Å². The summed E-state index contributed by atoms with van der Waals surface area (Å²) in [4.78, 5) is 0. The van der Waals surface area contributed by atoms with Crippen molar-refractivity contribution in [1.82, 2.24) is 0 Å². The van der Waals surface area contributed by atoms with Gasteiger partial charge in [-0.1, -0.05) is 70.7 Å². The lowest BCUT2D eigenvalue weighted by Crippen LogP contribution is -2.21. The Balaban J connectivity index is 1.72. The summed E-state index contributed by atoms with van der Waals surface area (Å²) in [5.74, 6) is 0. The molecule has 0 saturated heterocycles. The van der Waals surface area contributed by atoms with Crippen LogP contribution in [0.3, 0.4) is 0 Å². The lowest BCUT2D eigenvalue weighted by Gasteiger charge is -2.39. The Bertz CT molecular complexity index is 733. The molecule has 2 atom stereocenters. The lowest BCUT2D eigenvalue weighted by atomic mass is 9.99. The van der Waals surface area contributed by atoms with E-state index in [4.69, 9.17) is 0 Å². The summed E-state index contributed by atoms with van der Waals surface area (Å²) in [5, 5.41) is 1.48. The highest BCUT2D eigenvalue weighted by Gasteiger charge is 2.36. The van der Waals surface area contributed by atoms with Crippen LogP contribution in [-0.4, -0.2) is 17.0 Å². The molecule has 0 amide bonds. The second kappa shape index (κ2) is 9.23. The fraction of sp³-hybridized carbons (Fsp3) is 0.583. The molecule has 2 fully saturated rings. The maximum absolute atomic E-state index is 13.0. The Morgan fingerprint density at radius 1 is 0.793 bits per heavy atom. The zero-order valence-corrected chi connectivity index (χ0v) is 19.0. The van der Waals surface area contributed by atoms with Crippen molar-refractivity contribution in [1.29, 1.82) is 0 Å². The molecule has 4 rings (SSSR count). The number of hydrogen-bond donors (Lipinski definition) is 0. The molecule has 3 aliphatic carbocycles. The van der Waals surface area contributed by atoms with Gasteiger partial charge < -0.3 is 0 Å². The average molecular weight is 438 g/mol. The van der Waals surface area contributed by atoms with E-state index >= 15 is 0 Å². The molecule has 0 nitrogen and oxygen atoms in total. The Hall–Kier alpha value is -0.650. The van der Waals surface area contributed by atoms with E-state index in [1.165, 1.54) is 87.2 Å². The van der Waals surface area contributed by atoms with Crippen LogP contribution < -0.4 is 0 Å². The summed E-state index contributed by atoms with van der Waals surface area (Å²) in [5.41, 5.74) is 3.47. The molecule has 0 radical (unpaired) electrons. The Labute approximate surface area is 176 Å². The highest BCUT2D eigenvalue weighted by molar-refractivity contribution is 7.64. The van der Waals surface area contributed by atoms with Crippen molar-refractivity contribution in [3.63, 3.8) is 0 Å². The number of hydrogen-bond acceptors (Lipinski definition) is 0. The van der Waals surface area contributed by atoms with Gasteiger partial charge in [0.05, 0.1) is 5.56 Å². The van der Waals surface area contributed by atoms with E-state index in [1.54, 1.807) is 12.1 Å². The average Bonchev–Trinajstić information content (AvgIpc) is 3.10. The minimum absolute atomic E-state index is 0.207. The smallest absolute Gasteiger partial charge is 0.166 e. The maximum Gasteiger partial charge on any atom is 0.416 e. The van der Waals surface area contributed by atoms with Crippen LogP contribution in [0.1, 0.15) is 75.3 Å². The van der Waals surface area contributed by atoms with Crippen molar-refractivity contribution in [2.24, 2.45) is 0 Å². The first kappa shape index (κ1) is 21.6. The molecule has 3 aliphatic rings. The third kappa shape index (κ3) is 4.83. The molecule has 2 saturated carbocycles. The van der Waals surface area contributed by atoms with Crippen LogP contribution in [0.5, 0.6) is 0 Å². The Kier molecular flexibility index (Phi) is 6.87. The summed E-state index contributed by atoms with van der Waals surface area (Å²) in [6.07, 6.45) is 13.7. The molecular formula is C24H31F3P2. The van der Waals surface area contributed by atoms with Crippen LogP contribution >= 0.6 is 17.2 Å². The van der Waals surface area contributed by atoms with Gasteiger partial charge in [0.2, 0.25) is 0 Å². The fourth-order valence-corrected chi connectivity index (χ4v) is 10.0. The molecule has 1 aromatic carbocycles. The molecular weight excluding hydrogens is 407 g/mol. The normalized spacial score (nSPS) is 24.7. The van der Waals surface area contributed by atoms with Gasteiger partial charge in [-0.3, -0.25) is 0 Å². The molecule has 1 aromatic rings. The summed E-state index contributed by atoms with van der Waals surface area (Å²) < 4.78 is 39.1. The third-order valence-corrected chi connectivity index (χ3v) is 10.9. The van der Waals surface area contributed by atoms with Crippen molar-refractivity contribution in [3.05, 3.63) is 52.9 Å². The minimum atomic E-state index is -4.28. The first-order valence-electron chi connectivity index (χ1n) is 11.1. The Morgan fingerprint density at radius 3 is 1.79 bits per heavy atom. The van der Waals surface area contributed by atoms with Crippen molar-refractivity contribution >= 4 is 22.7 Å². The SMILES string of the molecule is FC(F)(F)c1ccc(C2=C(P(C3CCCCC3)C3CCCCC3)C=CC2P)cc1. The summed E-state index contributed by atoms with van der Waals surface area (Å²) in [6, 6.07) is 5.88. The van der Waals surface area contributed by atoms with Crippen molar-refractivity contribution in [2.45, 2.75) is 87.4 Å². The quantitative estimate of drug-likeness (QED) is 0.414. The van der Waals surface area contributed by atoms with E-state index in [9.17, 15) is 13.2 Å². The van der Waals surface area contributed by atoms with E-state index < -0.39 is 11.7 Å². The molecule has 0 bridgehead atoms. The lowest BCUT2D eigenvalue weighted by molar-refractivity contribution is -0.137. The van der Waals surface area contributed by atoms with E-state index in [2.05, 4.69) is 21.4 Å². The van der Waals surface area contributed by atoms with Gasteiger partial charge in [-0.2, -0.15) is 13.2 Å². The number of allylic oxidation sites excluding steroid dienone is 4. The molecule has 2 unspecified atom stereocenters. The first-order chi connectivity index (χ1) is 13.9. The molecule has 158 valence electrons. The van der Waals surface area contributed by atoms with Crippen LogP contribution in [0.15, 0.2) is 41.7 Å². The first-order valence-corrected chi connectivity index (χ1v) is 13.2. The minimum Gasteiger partial charge on any atom is -0.166 e. The highest BCUT2D eigenvalue weighted by atomic mass is 31.1. The predicted octanol–water partition coefficient (Wildman–Crippen LogP) is 8.38. The second-order valence-electron chi connectivity index (χ2n) is 8.75. The summed E-state index contributed by atoms with van der Waals surface area (Å²) in [6.45, 7) is 0. The van der Waals surface area contributed by atoms with E-state index in [-0.39, 0.29) is 13.6 Å². The van der Waals surface area contributed by atoms with Crippen molar-refractivity contribution in [3.8, 4) is 0 Å².